The number of unbranched alkanes of at least 4 members (excludes halogenated alkanes) is 1. The van der Waals surface area contributed by atoms with Crippen LogP contribution in [0.15, 0.2) is 0 Å². The van der Waals surface area contributed by atoms with Crippen LogP contribution < -0.4 is 5.32 Å². The number of nitrogens with one attached hydrogen (secondary N) is 1. The minimum atomic E-state index is -0.290. The van der Waals surface area contributed by atoms with E-state index in [9.17, 15) is 5.26 Å². The van der Waals surface area contributed by atoms with E-state index in [1.807, 2.05) is 0 Å². The van der Waals surface area contributed by atoms with Gasteiger partial charge in [0.2, 0.25) is 0 Å². The van der Waals surface area contributed by atoms with Crippen LogP contribution in [0, 0.1) is 17.2 Å². The Labute approximate surface area is 123 Å². The molecule has 0 heterocycles. The molecule has 0 bridgehead atoms. The first-order valence-electron chi connectivity index (χ1n) is 8.61. The highest BCUT2D eigenvalue weighted by atomic mass is 15.2. The van der Waals surface area contributed by atoms with Crippen LogP contribution >= 0.6 is 0 Å². The van der Waals surface area contributed by atoms with Crippen molar-refractivity contribution in [3.63, 3.8) is 0 Å². The van der Waals surface area contributed by atoms with Gasteiger partial charge in [-0.3, -0.25) is 5.32 Å². The zero-order valence-corrected chi connectivity index (χ0v) is 12.9. The van der Waals surface area contributed by atoms with Crippen molar-refractivity contribution >= 4 is 0 Å². The van der Waals surface area contributed by atoms with Crippen LogP contribution in [0.3, 0.4) is 0 Å². The number of nitriles is 1. The predicted molar refractivity (Wildman–Crippen MR) is 81.3 cm³/mol. The summed E-state index contributed by atoms with van der Waals surface area (Å²) in [6.45, 7) is 4.68. The second-order valence-corrected chi connectivity index (χ2v) is 7.49. The van der Waals surface area contributed by atoms with Gasteiger partial charge in [0.1, 0.15) is 5.54 Å². The van der Waals surface area contributed by atoms with Crippen molar-refractivity contribution in [3.05, 3.63) is 0 Å². The Morgan fingerprint density at radius 3 is 2.45 bits per heavy atom. The van der Waals surface area contributed by atoms with Gasteiger partial charge in [-0.05, 0) is 77.2 Å². The normalized spacial score (nSPS) is 25.4. The topological polar surface area (TPSA) is 39.1 Å². The Hall–Kier alpha value is -0.590. The number of hydrogen-bond acceptors (Lipinski definition) is 3. The molecule has 0 spiro atoms. The zero-order valence-electron chi connectivity index (χ0n) is 12.9. The van der Waals surface area contributed by atoms with Gasteiger partial charge in [0.15, 0.2) is 0 Å². The minimum absolute atomic E-state index is 0.290. The highest BCUT2D eigenvalue weighted by Crippen LogP contribution is 2.35. The quantitative estimate of drug-likeness (QED) is 0.623. The van der Waals surface area contributed by atoms with Gasteiger partial charge in [0, 0.05) is 18.6 Å². The summed E-state index contributed by atoms with van der Waals surface area (Å²) in [5, 5.41) is 12.9. The lowest BCUT2D eigenvalue weighted by atomic mass is 9.96. The third kappa shape index (κ3) is 4.46. The van der Waals surface area contributed by atoms with Crippen LogP contribution in [0.2, 0.25) is 0 Å². The van der Waals surface area contributed by atoms with E-state index in [1.54, 1.807) is 0 Å². The Morgan fingerprint density at radius 1 is 1.15 bits per heavy atom. The van der Waals surface area contributed by atoms with Crippen LogP contribution in [-0.2, 0) is 0 Å². The number of nitrogens with zero attached hydrogens (tertiary/aromatic N) is 2. The fourth-order valence-electron chi connectivity index (χ4n) is 3.13. The molecule has 0 aromatic heterocycles. The summed E-state index contributed by atoms with van der Waals surface area (Å²) in [7, 11) is 0. The summed E-state index contributed by atoms with van der Waals surface area (Å²) in [5.74, 6) is 1.01. The van der Waals surface area contributed by atoms with E-state index in [-0.39, 0.29) is 5.54 Å². The summed E-state index contributed by atoms with van der Waals surface area (Å²) in [6.07, 6.45) is 11.7. The molecule has 0 radical (unpaired) electrons. The van der Waals surface area contributed by atoms with Crippen LogP contribution in [0.5, 0.6) is 0 Å². The molecular weight excluding hydrogens is 246 g/mol. The molecule has 3 rings (SSSR count). The molecule has 0 amide bonds. The van der Waals surface area contributed by atoms with Crippen LogP contribution in [0.4, 0.5) is 0 Å². The molecule has 3 heteroatoms. The highest BCUT2D eigenvalue weighted by Gasteiger charge is 2.34. The molecule has 1 unspecified atom stereocenters. The second kappa shape index (κ2) is 6.03. The van der Waals surface area contributed by atoms with Crippen LogP contribution in [0.25, 0.3) is 0 Å². The van der Waals surface area contributed by atoms with E-state index in [0.717, 1.165) is 18.4 Å². The molecule has 3 aliphatic carbocycles. The number of rotatable bonds is 10. The summed E-state index contributed by atoms with van der Waals surface area (Å²) in [6, 6.07) is 4.02. The molecule has 0 aromatic rings. The van der Waals surface area contributed by atoms with Crippen molar-refractivity contribution < 1.29 is 0 Å². The van der Waals surface area contributed by atoms with Crippen molar-refractivity contribution in [3.8, 4) is 6.07 Å². The molecule has 3 saturated carbocycles. The first kappa shape index (κ1) is 14.4. The first-order valence-corrected chi connectivity index (χ1v) is 8.61. The van der Waals surface area contributed by atoms with Crippen LogP contribution in [0.1, 0.15) is 64.7 Å². The molecule has 3 nitrogen and oxygen atoms in total. The van der Waals surface area contributed by atoms with Gasteiger partial charge in [-0.2, -0.15) is 5.26 Å². The van der Waals surface area contributed by atoms with Crippen molar-refractivity contribution in [2.45, 2.75) is 82.3 Å². The SMILES string of the molecule is CC(C#N)(CCCCN(CC1CC1)C1CC1)NC1CC1. The number of hydrogen-bond donors (Lipinski definition) is 1. The fourth-order valence-corrected chi connectivity index (χ4v) is 3.13. The van der Waals surface area contributed by atoms with E-state index in [0.29, 0.717) is 6.04 Å². The van der Waals surface area contributed by atoms with Crippen molar-refractivity contribution in [1.82, 2.24) is 10.2 Å². The average molecular weight is 275 g/mol. The maximum absolute atomic E-state index is 9.37. The van der Waals surface area contributed by atoms with Crippen molar-refractivity contribution in [2.75, 3.05) is 13.1 Å². The summed E-state index contributed by atoms with van der Waals surface area (Å²) < 4.78 is 0. The third-order valence-electron chi connectivity index (χ3n) is 4.97. The fraction of sp³-hybridized carbons (Fsp3) is 0.941. The highest BCUT2D eigenvalue weighted by molar-refractivity contribution is 5.07. The summed E-state index contributed by atoms with van der Waals surface area (Å²) >= 11 is 0. The smallest absolute Gasteiger partial charge is 0.104 e. The standard InChI is InChI=1S/C17H29N3/c1-17(13-18,19-15-6-7-15)10-2-3-11-20(16-8-9-16)12-14-4-5-14/h14-16,19H,2-12H2,1H3. The lowest BCUT2D eigenvalue weighted by Gasteiger charge is -2.25. The van der Waals surface area contributed by atoms with E-state index in [2.05, 4.69) is 23.2 Å². The van der Waals surface area contributed by atoms with Gasteiger partial charge in [-0.25, -0.2) is 0 Å². The van der Waals surface area contributed by atoms with Gasteiger partial charge >= 0.3 is 0 Å². The lowest BCUT2D eigenvalue weighted by molar-refractivity contribution is 0.243. The molecule has 0 saturated heterocycles. The largest absolute Gasteiger partial charge is 0.300 e. The third-order valence-corrected chi connectivity index (χ3v) is 4.97. The molecule has 0 aliphatic heterocycles. The molecule has 0 aromatic carbocycles. The van der Waals surface area contributed by atoms with E-state index >= 15 is 0 Å². The van der Waals surface area contributed by atoms with Crippen LogP contribution in [-0.4, -0.2) is 35.6 Å². The molecule has 3 fully saturated rings. The van der Waals surface area contributed by atoms with Gasteiger partial charge in [-0.1, -0.05) is 0 Å². The molecule has 112 valence electrons. The first-order chi connectivity index (χ1) is 9.68. The lowest BCUT2D eigenvalue weighted by Crippen LogP contribution is -2.42. The average Bonchev–Trinajstić information content (AvgIpc) is 3.26. The zero-order chi connectivity index (χ0) is 14.0. The molecule has 20 heavy (non-hydrogen) atoms. The van der Waals surface area contributed by atoms with E-state index < -0.39 is 0 Å². The maximum Gasteiger partial charge on any atom is 0.104 e. The van der Waals surface area contributed by atoms with Gasteiger partial charge in [0.05, 0.1) is 6.07 Å². The maximum atomic E-state index is 9.37. The second-order valence-electron chi connectivity index (χ2n) is 7.49. The Balaban J connectivity index is 1.34. The molecule has 3 aliphatic rings. The monoisotopic (exact) mass is 275 g/mol. The summed E-state index contributed by atoms with van der Waals surface area (Å²) in [4.78, 5) is 2.73. The van der Waals surface area contributed by atoms with E-state index in [1.165, 1.54) is 64.5 Å². The van der Waals surface area contributed by atoms with Gasteiger partial charge in [-0.15, -0.1) is 0 Å². The van der Waals surface area contributed by atoms with E-state index in [4.69, 9.17) is 0 Å². The van der Waals surface area contributed by atoms with Crippen molar-refractivity contribution in [2.24, 2.45) is 5.92 Å². The predicted octanol–water partition coefficient (Wildman–Crippen LogP) is 3.07. The van der Waals surface area contributed by atoms with Gasteiger partial charge in [0.25, 0.3) is 0 Å². The molecular formula is C17H29N3. The Bertz CT molecular complexity index is 363. The van der Waals surface area contributed by atoms with Gasteiger partial charge < -0.3 is 4.90 Å². The Kier molecular flexibility index (Phi) is 4.33. The molecule has 1 N–H and O–H groups in total. The summed E-state index contributed by atoms with van der Waals surface area (Å²) in [5.41, 5.74) is -0.290. The molecule has 1 atom stereocenters. The minimum Gasteiger partial charge on any atom is -0.300 e. The van der Waals surface area contributed by atoms with Crippen molar-refractivity contribution in [1.29, 1.82) is 5.26 Å². The Morgan fingerprint density at radius 2 is 1.90 bits per heavy atom.